The summed E-state index contributed by atoms with van der Waals surface area (Å²) in [6.07, 6.45) is 0. The molecule has 0 radical (unpaired) electrons. The molecule has 3 rings (SSSR count). The molecule has 3 aromatic rings. The van der Waals surface area contributed by atoms with Crippen LogP contribution in [0.15, 0.2) is 66.7 Å². The Labute approximate surface area is 127 Å². The van der Waals surface area contributed by atoms with Gasteiger partial charge < -0.3 is 19.7 Å². The molecule has 0 saturated heterocycles. The molecule has 0 fully saturated rings. The summed E-state index contributed by atoms with van der Waals surface area (Å²) in [6.45, 7) is 0. The molecule has 5 nitrogen and oxygen atoms in total. The number of rotatable bonds is 4. The van der Waals surface area contributed by atoms with Crippen LogP contribution in [-0.2, 0) is 0 Å². The number of phenolic OH excluding ortho intramolecular Hbond substituents is 2. The molecule has 0 spiro atoms. The highest BCUT2D eigenvalue weighted by Crippen LogP contribution is 2.26. The van der Waals surface area contributed by atoms with E-state index in [1.54, 1.807) is 42.5 Å². The van der Waals surface area contributed by atoms with Crippen LogP contribution in [0, 0.1) is 0 Å². The molecule has 0 bridgehead atoms. The number of aromatic hydroxyl groups is 2. The van der Waals surface area contributed by atoms with E-state index in [1.165, 1.54) is 24.3 Å². The molecular formula is C17H13NO4. The minimum absolute atomic E-state index is 0.171. The summed E-state index contributed by atoms with van der Waals surface area (Å²) in [4.78, 5) is 4.24. The summed E-state index contributed by atoms with van der Waals surface area (Å²) in [5, 5.41) is 18.5. The fraction of sp³-hybridized carbons (Fsp3) is 0. The molecule has 110 valence electrons. The van der Waals surface area contributed by atoms with E-state index in [0.29, 0.717) is 23.3 Å². The van der Waals surface area contributed by atoms with Gasteiger partial charge in [-0.2, -0.15) is 4.98 Å². The first-order chi connectivity index (χ1) is 10.7. The van der Waals surface area contributed by atoms with Gasteiger partial charge in [-0.3, -0.25) is 0 Å². The number of pyridine rings is 1. The Morgan fingerprint density at radius 1 is 0.591 bits per heavy atom. The van der Waals surface area contributed by atoms with Gasteiger partial charge in [-0.05, 0) is 48.5 Å². The number of benzene rings is 2. The van der Waals surface area contributed by atoms with E-state index in [-0.39, 0.29) is 11.5 Å². The SMILES string of the molecule is Oc1ccc(Oc2cccc(Oc3ccc(O)cc3)n2)cc1. The van der Waals surface area contributed by atoms with Crippen LogP contribution < -0.4 is 9.47 Å². The van der Waals surface area contributed by atoms with Crippen molar-refractivity contribution >= 4 is 0 Å². The van der Waals surface area contributed by atoms with Gasteiger partial charge in [-0.1, -0.05) is 6.07 Å². The number of nitrogens with zero attached hydrogens (tertiary/aromatic N) is 1. The maximum Gasteiger partial charge on any atom is 0.222 e. The minimum Gasteiger partial charge on any atom is -0.508 e. The Morgan fingerprint density at radius 2 is 1.00 bits per heavy atom. The summed E-state index contributed by atoms with van der Waals surface area (Å²) in [6, 6.07) is 17.9. The minimum atomic E-state index is 0.171. The predicted octanol–water partition coefficient (Wildman–Crippen LogP) is 4.08. The highest BCUT2D eigenvalue weighted by molar-refractivity contribution is 5.35. The fourth-order valence-corrected chi connectivity index (χ4v) is 1.78. The van der Waals surface area contributed by atoms with Gasteiger partial charge in [-0.15, -0.1) is 0 Å². The highest BCUT2D eigenvalue weighted by atomic mass is 16.5. The van der Waals surface area contributed by atoms with Gasteiger partial charge in [-0.25, -0.2) is 0 Å². The van der Waals surface area contributed by atoms with Gasteiger partial charge >= 0.3 is 0 Å². The lowest BCUT2D eigenvalue weighted by molar-refractivity contribution is 0.423. The largest absolute Gasteiger partial charge is 0.508 e. The highest BCUT2D eigenvalue weighted by Gasteiger charge is 2.03. The van der Waals surface area contributed by atoms with E-state index in [2.05, 4.69) is 4.98 Å². The lowest BCUT2D eigenvalue weighted by Crippen LogP contribution is -1.91. The lowest BCUT2D eigenvalue weighted by atomic mass is 10.3. The van der Waals surface area contributed by atoms with Gasteiger partial charge in [0.2, 0.25) is 11.8 Å². The summed E-state index contributed by atoms with van der Waals surface area (Å²) in [5.74, 6) is 2.22. The summed E-state index contributed by atoms with van der Waals surface area (Å²) in [7, 11) is 0. The third-order valence-corrected chi connectivity index (χ3v) is 2.82. The summed E-state index contributed by atoms with van der Waals surface area (Å²) < 4.78 is 11.2. The van der Waals surface area contributed by atoms with Gasteiger partial charge in [0.05, 0.1) is 0 Å². The lowest BCUT2D eigenvalue weighted by Gasteiger charge is -2.08. The number of phenols is 2. The van der Waals surface area contributed by atoms with Crippen LogP contribution >= 0.6 is 0 Å². The van der Waals surface area contributed by atoms with Crippen LogP contribution in [-0.4, -0.2) is 15.2 Å². The van der Waals surface area contributed by atoms with E-state index in [9.17, 15) is 10.2 Å². The number of hydrogen-bond acceptors (Lipinski definition) is 5. The quantitative estimate of drug-likeness (QED) is 0.759. The molecule has 0 amide bonds. The van der Waals surface area contributed by atoms with E-state index >= 15 is 0 Å². The molecule has 0 aliphatic heterocycles. The van der Waals surface area contributed by atoms with E-state index in [0.717, 1.165) is 0 Å². The summed E-state index contributed by atoms with van der Waals surface area (Å²) >= 11 is 0. The Hall–Kier alpha value is -3.21. The Balaban J connectivity index is 1.74. The van der Waals surface area contributed by atoms with Crippen molar-refractivity contribution in [2.24, 2.45) is 0 Å². The van der Waals surface area contributed by atoms with Crippen molar-refractivity contribution in [1.82, 2.24) is 4.98 Å². The number of ether oxygens (including phenoxy) is 2. The Morgan fingerprint density at radius 3 is 1.41 bits per heavy atom. The van der Waals surface area contributed by atoms with Crippen molar-refractivity contribution in [2.45, 2.75) is 0 Å². The number of hydrogen-bond donors (Lipinski definition) is 2. The standard InChI is InChI=1S/C17H13NO4/c19-12-4-8-14(9-5-12)21-16-2-1-3-17(18-16)22-15-10-6-13(20)7-11-15/h1-11,19-20H. The van der Waals surface area contributed by atoms with Gasteiger partial charge in [0, 0.05) is 12.1 Å². The van der Waals surface area contributed by atoms with Crippen LogP contribution in [0.3, 0.4) is 0 Å². The molecule has 0 saturated carbocycles. The molecule has 0 aliphatic carbocycles. The van der Waals surface area contributed by atoms with Gasteiger partial charge in [0.15, 0.2) is 0 Å². The van der Waals surface area contributed by atoms with E-state index < -0.39 is 0 Å². The van der Waals surface area contributed by atoms with Crippen molar-refractivity contribution < 1.29 is 19.7 Å². The molecule has 1 aromatic heterocycles. The van der Waals surface area contributed by atoms with Crippen molar-refractivity contribution in [1.29, 1.82) is 0 Å². The third-order valence-electron chi connectivity index (χ3n) is 2.82. The maximum absolute atomic E-state index is 9.24. The van der Waals surface area contributed by atoms with Crippen LogP contribution in [0.2, 0.25) is 0 Å². The Kier molecular flexibility index (Phi) is 3.78. The average Bonchev–Trinajstić information content (AvgIpc) is 2.52. The van der Waals surface area contributed by atoms with Crippen LogP contribution in [0.4, 0.5) is 0 Å². The summed E-state index contributed by atoms with van der Waals surface area (Å²) in [5.41, 5.74) is 0. The topological polar surface area (TPSA) is 71.8 Å². The Bertz CT molecular complexity index is 692. The van der Waals surface area contributed by atoms with Crippen molar-refractivity contribution in [3.8, 4) is 34.8 Å². The second-order valence-electron chi connectivity index (χ2n) is 4.51. The monoisotopic (exact) mass is 295 g/mol. The van der Waals surface area contributed by atoms with Crippen LogP contribution in [0.1, 0.15) is 0 Å². The number of aromatic nitrogens is 1. The zero-order valence-corrected chi connectivity index (χ0v) is 11.5. The average molecular weight is 295 g/mol. The van der Waals surface area contributed by atoms with Crippen molar-refractivity contribution in [3.05, 3.63) is 66.7 Å². The molecule has 0 unspecified atom stereocenters. The molecule has 0 atom stereocenters. The fourth-order valence-electron chi connectivity index (χ4n) is 1.78. The molecule has 22 heavy (non-hydrogen) atoms. The first-order valence-corrected chi connectivity index (χ1v) is 6.60. The van der Waals surface area contributed by atoms with Gasteiger partial charge in [0.1, 0.15) is 23.0 Å². The van der Waals surface area contributed by atoms with E-state index in [4.69, 9.17) is 9.47 Å². The molecule has 5 heteroatoms. The molecule has 2 N–H and O–H groups in total. The zero-order chi connectivity index (χ0) is 15.4. The van der Waals surface area contributed by atoms with E-state index in [1.807, 2.05) is 0 Å². The first-order valence-electron chi connectivity index (χ1n) is 6.60. The molecule has 2 aromatic carbocycles. The van der Waals surface area contributed by atoms with Gasteiger partial charge in [0.25, 0.3) is 0 Å². The van der Waals surface area contributed by atoms with Crippen molar-refractivity contribution in [2.75, 3.05) is 0 Å². The van der Waals surface area contributed by atoms with Crippen molar-refractivity contribution in [3.63, 3.8) is 0 Å². The van der Waals surface area contributed by atoms with Crippen LogP contribution in [0.25, 0.3) is 0 Å². The second-order valence-corrected chi connectivity index (χ2v) is 4.51. The third kappa shape index (κ3) is 3.46. The maximum atomic E-state index is 9.24. The first kappa shape index (κ1) is 13.8. The zero-order valence-electron chi connectivity index (χ0n) is 11.5. The van der Waals surface area contributed by atoms with Crippen LogP contribution in [0.5, 0.6) is 34.8 Å². The smallest absolute Gasteiger partial charge is 0.222 e. The molecule has 0 aliphatic rings. The normalized spacial score (nSPS) is 10.2. The molecule has 1 heterocycles. The second kappa shape index (κ2) is 6.05. The molecular weight excluding hydrogens is 282 g/mol. The predicted molar refractivity (Wildman–Crippen MR) is 80.6 cm³/mol.